The summed E-state index contributed by atoms with van der Waals surface area (Å²) >= 11 is 1.51. The van der Waals surface area contributed by atoms with Crippen LogP contribution in [0.15, 0.2) is 41.3 Å². The van der Waals surface area contributed by atoms with Crippen LogP contribution in [0.4, 0.5) is 0 Å². The van der Waals surface area contributed by atoms with Crippen molar-refractivity contribution in [2.24, 2.45) is 0 Å². The molecule has 0 unspecified atom stereocenters. The minimum atomic E-state index is -0.268. The smallest absolute Gasteiger partial charge is 0.173 e. The van der Waals surface area contributed by atoms with Crippen molar-refractivity contribution in [1.82, 2.24) is 0 Å². The largest absolute Gasteiger partial charge is 0.507 e. The Balaban J connectivity index is 2.21. The summed E-state index contributed by atoms with van der Waals surface area (Å²) in [5.41, 5.74) is 1.85. The van der Waals surface area contributed by atoms with E-state index in [0.29, 0.717) is 17.1 Å². The molecule has 0 atom stereocenters. The topological polar surface area (TPSA) is 46.5 Å². The van der Waals surface area contributed by atoms with E-state index in [1.807, 2.05) is 57.2 Å². The zero-order chi connectivity index (χ0) is 22.9. The molecule has 2 aromatic carbocycles. The summed E-state index contributed by atoms with van der Waals surface area (Å²) in [7, 11) is 0. The molecule has 0 heterocycles. The Morgan fingerprint density at radius 1 is 0.867 bits per heavy atom. The van der Waals surface area contributed by atoms with E-state index < -0.39 is 0 Å². The number of ketones is 1. The van der Waals surface area contributed by atoms with Crippen molar-refractivity contribution >= 4 is 17.5 Å². The predicted octanol–water partition coefficient (Wildman–Crippen LogP) is 7.14. The molecular formula is C26H36O3S. The first-order valence-corrected chi connectivity index (χ1v) is 11.4. The van der Waals surface area contributed by atoms with E-state index in [4.69, 9.17) is 4.74 Å². The zero-order valence-corrected chi connectivity index (χ0v) is 20.7. The maximum absolute atomic E-state index is 12.7. The van der Waals surface area contributed by atoms with Crippen LogP contribution in [0.1, 0.15) is 83.8 Å². The molecule has 4 heteroatoms. The van der Waals surface area contributed by atoms with Crippen LogP contribution in [-0.4, -0.2) is 22.2 Å². The highest BCUT2D eigenvalue weighted by atomic mass is 32.2. The summed E-state index contributed by atoms with van der Waals surface area (Å²) in [5, 5.41) is 10.9. The first-order chi connectivity index (χ1) is 13.6. The summed E-state index contributed by atoms with van der Waals surface area (Å²) in [6.45, 7) is 18.5. The molecule has 2 aromatic rings. The van der Waals surface area contributed by atoms with Crippen LogP contribution in [-0.2, 0) is 10.8 Å². The molecular weight excluding hydrogens is 392 g/mol. The van der Waals surface area contributed by atoms with Gasteiger partial charge in [-0.25, -0.2) is 0 Å². The number of rotatable bonds is 5. The van der Waals surface area contributed by atoms with Gasteiger partial charge in [-0.05, 0) is 68.0 Å². The Labute approximate surface area is 186 Å². The molecule has 0 aliphatic heterocycles. The third kappa shape index (κ3) is 6.53. The molecule has 1 N–H and O–H groups in total. The third-order valence-electron chi connectivity index (χ3n) is 4.67. The number of aromatic hydroxyl groups is 1. The summed E-state index contributed by atoms with van der Waals surface area (Å²) in [5.74, 6) is 1.54. The van der Waals surface area contributed by atoms with E-state index in [0.717, 1.165) is 21.8 Å². The second kappa shape index (κ2) is 8.66. The maximum atomic E-state index is 12.7. The lowest BCUT2D eigenvalue weighted by Gasteiger charge is -2.28. The Morgan fingerprint density at radius 2 is 1.33 bits per heavy atom. The van der Waals surface area contributed by atoms with Crippen molar-refractivity contribution in [3.8, 4) is 11.5 Å². The van der Waals surface area contributed by atoms with Crippen LogP contribution < -0.4 is 4.74 Å². The lowest BCUT2D eigenvalue weighted by atomic mass is 9.79. The second-order valence-electron chi connectivity index (χ2n) is 10.8. The number of phenols is 1. The lowest BCUT2D eigenvalue weighted by Crippen LogP contribution is -2.22. The number of hydrogen-bond donors (Lipinski definition) is 1. The summed E-state index contributed by atoms with van der Waals surface area (Å²) in [6.07, 6.45) is 0. The standard InChI is InChI=1S/C26H36O3S/c1-24(2,3)20-14-19(15-21(23(20)28)25(4,5)6)30-16-22(27)17-10-12-18(13-11-17)29-26(7,8)9/h10-15,28H,16H2,1-9H3. The molecule has 164 valence electrons. The molecule has 0 radical (unpaired) electrons. The van der Waals surface area contributed by atoms with E-state index in [1.165, 1.54) is 11.8 Å². The number of Topliss-reactive ketones (excluding diaryl/α,β-unsaturated/α-hetero) is 1. The van der Waals surface area contributed by atoms with Gasteiger partial charge in [0, 0.05) is 21.6 Å². The fraction of sp³-hybridized carbons (Fsp3) is 0.500. The monoisotopic (exact) mass is 428 g/mol. The van der Waals surface area contributed by atoms with E-state index in [2.05, 4.69) is 41.5 Å². The Morgan fingerprint density at radius 3 is 1.73 bits per heavy atom. The summed E-state index contributed by atoms with van der Waals surface area (Å²) in [4.78, 5) is 13.7. The quantitative estimate of drug-likeness (QED) is 0.406. The Kier molecular flexibility index (Phi) is 7.03. The number of phenolic OH excluding ortho intramolecular Hbond substituents is 1. The van der Waals surface area contributed by atoms with Gasteiger partial charge in [0.25, 0.3) is 0 Å². The highest BCUT2D eigenvalue weighted by molar-refractivity contribution is 8.00. The molecule has 0 fully saturated rings. The Hall–Kier alpha value is -1.94. The zero-order valence-electron chi connectivity index (χ0n) is 19.8. The van der Waals surface area contributed by atoms with Crippen LogP contribution in [0.3, 0.4) is 0 Å². The number of hydrogen-bond acceptors (Lipinski definition) is 4. The average molecular weight is 429 g/mol. The molecule has 0 spiro atoms. The molecule has 3 nitrogen and oxygen atoms in total. The van der Waals surface area contributed by atoms with E-state index in [9.17, 15) is 9.90 Å². The van der Waals surface area contributed by atoms with Gasteiger partial charge in [-0.1, -0.05) is 41.5 Å². The highest BCUT2D eigenvalue weighted by Crippen LogP contribution is 2.41. The van der Waals surface area contributed by atoms with Crippen molar-refractivity contribution in [1.29, 1.82) is 0 Å². The minimum absolute atomic E-state index is 0.0741. The number of carbonyl (C=O) groups is 1. The van der Waals surface area contributed by atoms with Gasteiger partial charge in [-0.15, -0.1) is 11.8 Å². The predicted molar refractivity (Wildman–Crippen MR) is 127 cm³/mol. The van der Waals surface area contributed by atoms with Crippen molar-refractivity contribution in [2.45, 2.75) is 83.6 Å². The lowest BCUT2D eigenvalue weighted by molar-refractivity contribution is 0.102. The highest BCUT2D eigenvalue weighted by Gasteiger charge is 2.26. The molecule has 0 saturated carbocycles. The van der Waals surface area contributed by atoms with Crippen molar-refractivity contribution < 1.29 is 14.6 Å². The van der Waals surface area contributed by atoms with E-state index in [-0.39, 0.29) is 22.2 Å². The molecule has 0 aromatic heterocycles. The molecule has 0 aliphatic carbocycles. The number of ether oxygens (including phenoxy) is 1. The Bertz CT molecular complexity index is 857. The van der Waals surface area contributed by atoms with Gasteiger partial charge in [-0.3, -0.25) is 4.79 Å². The summed E-state index contributed by atoms with van der Waals surface area (Å²) < 4.78 is 5.83. The van der Waals surface area contributed by atoms with Gasteiger partial charge in [0.2, 0.25) is 0 Å². The SMILES string of the molecule is CC(C)(C)Oc1ccc(C(=O)CSc2cc(C(C)(C)C)c(O)c(C(C)(C)C)c2)cc1. The molecule has 0 bridgehead atoms. The second-order valence-corrected chi connectivity index (χ2v) is 11.9. The van der Waals surface area contributed by atoms with E-state index in [1.54, 1.807) is 0 Å². The molecule has 2 rings (SSSR count). The molecule has 0 amide bonds. The fourth-order valence-corrected chi connectivity index (χ4v) is 4.00. The van der Waals surface area contributed by atoms with Crippen LogP contribution in [0.25, 0.3) is 0 Å². The maximum Gasteiger partial charge on any atom is 0.173 e. The van der Waals surface area contributed by atoms with Gasteiger partial charge in [0.15, 0.2) is 5.78 Å². The normalized spacial score (nSPS) is 12.7. The van der Waals surface area contributed by atoms with Crippen molar-refractivity contribution in [3.63, 3.8) is 0 Å². The first kappa shape index (κ1) is 24.3. The van der Waals surface area contributed by atoms with Gasteiger partial charge in [0.05, 0.1) is 5.75 Å². The number of carbonyl (C=O) groups excluding carboxylic acids is 1. The number of benzene rings is 2. The van der Waals surface area contributed by atoms with Gasteiger partial charge >= 0.3 is 0 Å². The van der Waals surface area contributed by atoms with Gasteiger partial charge in [0.1, 0.15) is 17.1 Å². The van der Waals surface area contributed by atoms with Crippen LogP contribution in [0.5, 0.6) is 11.5 Å². The fourth-order valence-electron chi connectivity index (χ4n) is 3.13. The average Bonchev–Trinajstić information content (AvgIpc) is 2.57. The summed E-state index contributed by atoms with van der Waals surface area (Å²) in [6, 6.07) is 11.4. The first-order valence-electron chi connectivity index (χ1n) is 10.4. The van der Waals surface area contributed by atoms with Crippen molar-refractivity contribution in [3.05, 3.63) is 53.1 Å². The van der Waals surface area contributed by atoms with Crippen LogP contribution in [0, 0.1) is 0 Å². The minimum Gasteiger partial charge on any atom is -0.507 e. The van der Waals surface area contributed by atoms with Crippen LogP contribution in [0.2, 0.25) is 0 Å². The van der Waals surface area contributed by atoms with Crippen molar-refractivity contribution in [2.75, 3.05) is 5.75 Å². The molecule has 30 heavy (non-hydrogen) atoms. The van der Waals surface area contributed by atoms with E-state index >= 15 is 0 Å². The number of thioether (sulfide) groups is 1. The van der Waals surface area contributed by atoms with Gasteiger partial charge < -0.3 is 9.84 Å². The third-order valence-corrected chi connectivity index (χ3v) is 5.65. The molecule has 0 aliphatic rings. The molecule has 0 saturated heterocycles. The van der Waals surface area contributed by atoms with Crippen LogP contribution >= 0.6 is 11.8 Å². The van der Waals surface area contributed by atoms with Gasteiger partial charge in [-0.2, -0.15) is 0 Å².